The maximum absolute atomic E-state index is 13.4. The molecule has 0 saturated carbocycles. The van der Waals surface area contributed by atoms with Crippen molar-refractivity contribution in [1.29, 1.82) is 0 Å². The minimum absolute atomic E-state index is 0.162. The third-order valence-electron chi connectivity index (χ3n) is 4.85. The molecule has 0 aliphatic heterocycles. The van der Waals surface area contributed by atoms with Gasteiger partial charge in [0.15, 0.2) is 0 Å². The fraction of sp³-hybridized carbons (Fsp3) is 0.182. The molecule has 0 aliphatic carbocycles. The lowest BCUT2D eigenvalue weighted by atomic mass is 10.0. The highest BCUT2D eigenvalue weighted by atomic mass is 32.1. The van der Waals surface area contributed by atoms with Gasteiger partial charge >= 0.3 is 5.69 Å². The Balaban J connectivity index is 1.72. The van der Waals surface area contributed by atoms with Crippen LogP contribution in [0.4, 0.5) is 4.39 Å². The summed E-state index contributed by atoms with van der Waals surface area (Å²) < 4.78 is 14.8. The quantitative estimate of drug-likeness (QED) is 0.483. The summed E-state index contributed by atoms with van der Waals surface area (Å²) in [6.45, 7) is 2.31. The van der Waals surface area contributed by atoms with Gasteiger partial charge < -0.3 is 5.32 Å². The van der Waals surface area contributed by atoms with Gasteiger partial charge in [0.2, 0.25) is 0 Å². The first-order chi connectivity index (χ1) is 15.0. The molecular weight excluding hydrogens is 419 g/mol. The maximum atomic E-state index is 13.4. The molecule has 0 saturated heterocycles. The monoisotopic (exact) mass is 438 g/mol. The van der Waals surface area contributed by atoms with Gasteiger partial charge in [0, 0.05) is 17.6 Å². The molecule has 4 rings (SSSR count). The van der Waals surface area contributed by atoms with Crippen molar-refractivity contribution in [1.82, 2.24) is 19.9 Å². The molecule has 158 valence electrons. The van der Waals surface area contributed by atoms with Crippen LogP contribution in [0.2, 0.25) is 0 Å². The third-order valence-corrected chi connectivity index (χ3v) is 5.79. The Morgan fingerprint density at radius 1 is 1.26 bits per heavy atom. The van der Waals surface area contributed by atoms with Crippen LogP contribution in [0.1, 0.15) is 40.2 Å². The summed E-state index contributed by atoms with van der Waals surface area (Å²) in [6.07, 6.45) is 2.03. The number of carbonyl (C=O) groups excluding carboxylic acids is 1. The van der Waals surface area contributed by atoms with Crippen LogP contribution in [0.5, 0.6) is 0 Å². The molecule has 0 radical (unpaired) electrons. The highest BCUT2D eigenvalue weighted by Crippen LogP contribution is 2.26. The number of rotatable bonds is 6. The molecule has 1 aromatic carbocycles. The van der Waals surface area contributed by atoms with Gasteiger partial charge in [-0.1, -0.05) is 25.1 Å². The average molecular weight is 438 g/mol. The lowest BCUT2D eigenvalue weighted by Crippen LogP contribution is -2.32. The van der Waals surface area contributed by atoms with Crippen molar-refractivity contribution >= 4 is 28.3 Å². The Labute approximate surface area is 180 Å². The molecule has 9 heteroatoms. The standard InChI is InChI=1S/C22H19FN4O3S/c1-2-9-27-19-16(21(29)26-22(27)30)11-14(12-24-19)20(28)25-18(17-4-3-10-31-17)13-5-7-15(23)8-6-13/h3-8,10-12,18H,2,9H2,1H3,(H,25,28)(H,26,29,30). The molecule has 31 heavy (non-hydrogen) atoms. The smallest absolute Gasteiger partial charge is 0.329 e. The van der Waals surface area contributed by atoms with Gasteiger partial charge in [0.1, 0.15) is 11.5 Å². The molecule has 1 amide bonds. The van der Waals surface area contributed by atoms with Crippen LogP contribution in [-0.4, -0.2) is 20.4 Å². The first-order valence-electron chi connectivity index (χ1n) is 9.70. The average Bonchev–Trinajstić information content (AvgIpc) is 3.30. The number of aromatic amines is 1. The minimum Gasteiger partial charge on any atom is -0.340 e. The molecule has 4 aromatic rings. The molecule has 3 heterocycles. The number of aryl methyl sites for hydroxylation is 1. The number of H-pyrrole nitrogens is 1. The number of hydrogen-bond acceptors (Lipinski definition) is 5. The number of amides is 1. The van der Waals surface area contributed by atoms with E-state index in [9.17, 15) is 18.8 Å². The van der Waals surface area contributed by atoms with Gasteiger partial charge in [0.25, 0.3) is 11.5 Å². The van der Waals surface area contributed by atoms with Crippen molar-refractivity contribution < 1.29 is 9.18 Å². The zero-order chi connectivity index (χ0) is 22.0. The van der Waals surface area contributed by atoms with Crippen LogP contribution in [-0.2, 0) is 6.54 Å². The highest BCUT2D eigenvalue weighted by molar-refractivity contribution is 7.10. The second-order valence-electron chi connectivity index (χ2n) is 6.98. The molecule has 1 atom stereocenters. The Bertz CT molecular complexity index is 1340. The summed E-state index contributed by atoms with van der Waals surface area (Å²) in [6, 6.07) is 10.6. The second-order valence-corrected chi connectivity index (χ2v) is 7.96. The molecule has 1 unspecified atom stereocenters. The lowest BCUT2D eigenvalue weighted by molar-refractivity contribution is 0.0943. The number of carbonyl (C=O) groups is 1. The molecule has 2 N–H and O–H groups in total. The summed E-state index contributed by atoms with van der Waals surface area (Å²) in [5.41, 5.74) is 0.0189. The van der Waals surface area contributed by atoms with E-state index in [0.717, 1.165) is 10.4 Å². The number of aromatic nitrogens is 3. The predicted octanol–water partition coefficient (Wildman–Crippen LogP) is 3.21. The van der Waals surface area contributed by atoms with Crippen molar-refractivity contribution in [3.05, 3.63) is 96.7 Å². The summed E-state index contributed by atoms with van der Waals surface area (Å²) >= 11 is 1.46. The summed E-state index contributed by atoms with van der Waals surface area (Å²) in [4.78, 5) is 44.8. The van der Waals surface area contributed by atoms with Crippen LogP contribution in [0.15, 0.2) is 63.6 Å². The number of nitrogens with one attached hydrogen (secondary N) is 2. The van der Waals surface area contributed by atoms with E-state index in [4.69, 9.17) is 0 Å². The van der Waals surface area contributed by atoms with E-state index in [1.807, 2.05) is 24.4 Å². The highest BCUT2D eigenvalue weighted by Gasteiger charge is 2.20. The van der Waals surface area contributed by atoms with Gasteiger partial charge in [-0.2, -0.15) is 0 Å². The van der Waals surface area contributed by atoms with Gasteiger partial charge in [-0.15, -0.1) is 11.3 Å². The van der Waals surface area contributed by atoms with Gasteiger partial charge in [-0.05, 0) is 41.6 Å². The zero-order valence-corrected chi connectivity index (χ0v) is 17.4. The van der Waals surface area contributed by atoms with E-state index in [1.165, 1.54) is 40.3 Å². The van der Waals surface area contributed by atoms with Gasteiger partial charge in [0.05, 0.1) is 17.0 Å². The minimum atomic E-state index is -0.595. The van der Waals surface area contributed by atoms with Crippen molar-refractivity contribution in [3.8, 4) is 0 Å². The summed E-state index contributed by atoms with van der Waals surface area (Å²) in [7, 11) is 0. The Morgan fingerprint density at radius 3 is 2.71 bits per heavy atom. The van der Waals surface area contributed by atoms with Crippen LogP contribution < -0.4 is 16.6 Å². The number of nitrogens with zero attached hydrogens (tertiary/aromatic N) is 2. The van der Waals surface area contributed by atoms with E-state index in [-0.39, 0.29) is 22.4 Å². The molecule has 0 bridgehead atoms. The molecule has 0 aliphatic rings. The van der Waals surface area contributed by atoms with E-state index >= 15 is 0 Å². The Kier molecular flexibility index (Phi) is 5.77. The number of hydrogen-bond donors (Lipinski definition) is 2. The van der Waals surface area contributed by atoms with Crippen molar-refractivity contribution in [3.63, 3.8) is 0 Å². The van der Waals surface area contributed by atoms with E-state index in [1.54, 1.807) is 12.1 Å². The molecular formula is C22H19FN4O3S. The van der Waals surface area contributed by atoms with Crippen LogP contribution in [0.25, 0.3) is 11.0 Å². The molecule has 3 aromatic heterocycles. The van der Waals surface area contributed by atoms with Crippen molar-refractivity contribution in [2.24, 2.45) is 0 Å². The van der Waals surface area contributed by atoms with E-state index in [2.05, 4.69) is 15.3 Å². The molecule has 7 nitrogen and oxygen atoms in total. The largest absolute Gasteiger partial charge is 0.340 e. The second kappa shape index (κ2) is 8.65. The predicted molar refractivity (Wildman–Crippen MR) is 117 cm³/mol. The summed E-state index contributed by atoms with van der Waals surface area (Å²) in [5, 5.41) is 4.99. The van der Waals surface area contributed by atoms with Crippen LogP contribution in [0.3, 0.4) is 0 Å². The van der Waals surface area contributed by atoms with Crippen LogP contribution >= 0.6 is 11.3 Å². The van der Waals surface area contributed by atoms with Crippen LogP contribution in [0, 0.1) is 5.82 Å². The number of benzene rings is 1. The number of pyridine rings is 1. The normalized spacial score (nSPS) is 12.1. The molecule has 0 fully saturated rings. The fourth-order valence-corrected chi connectivity index (χ4v) is 4.17. The lowest BCUT2D eigenvalue weighted by Gasteiger charge is -2.18. The zero-order valence-electron chi connectivity index (χ0n) is 16.6. The topological polar surface area (TPSA) is 96.9 Å². The Hall–Kier alpha value is -3.59. The van der Waals surface area contributed by atoms with Crippen molar-refractivity contribution in [2.45, 2.75) is 25.9 Å². The van der Waals surface area contributed by atoms with Gasteiger partial charge in [-0.25, -0.2) is 14.2 Å². The first kappa shape index (κ1) is 20.7. The Morgan fingerprint density at radius 2 is 2.03 bits per heavy atom. The number of halogens is 1. The molecule has 0 spiro atoms. The van der Waals surface area contributed by atoms with E-state index in [0.29, 0.717) is 13.0 Å². The number of thiophene rings is 1. The van der Waals surface area contributed by atoms with Crippen molar-refractivity contribution in [2.75, 3.05) is 0 Å². The summed E-state index contributed by atoms with van der Waals surface area (Å²) in [5.74, 6) is -0.805. The SMILES string of the molecule is CCCn1c(=O)[nH]c(=O)c2cc(C(=O)NC(c3ccc(F)cc3)c3cccs3)cnc21. The van der Waals surface area contributed by atoms with E-state index < -0.39 is 23.2 Å². The maximum Gasteiger partial charge on any atom is 0.329 e. The third kappa shape index (κ3) is 4.17. The van der Waals surface area contributed by atoms with Gasteiger partial charge in [-0.3, -0.25) is 19.1 Å². The first-order valence-corrected chi connectivity index (χ1v) is 10.6. The number of fused-ring (bicyclic) bond motifs is 1. The fourth-order valence-electron chi connectivity index (χ4n) is 3.37.